The summed E-state index contributed by atoms with van der Waals surface area (Å²) < 4.78 is 33.1. The fourth-order valence-corrected chi connectivity index (χ4v) is 1.37. The highest BCUT2D eigenvalue weighted by molar-refractivity contribution is 5.93. The number of carbonyl (C=O) groups excluding carboxylic acids is 1. The zero-order chi connectivity index (χ0) is 13.7. The van der Waals surface area contributed by atoms with Crippen molar-refractivity contribution in [3.05, 3.63) is 28.8 Å². The van der Waals surface area contributed by atoms with E-state index in [1.807, 2.05) is 0 Å². The topological polar surface area (TPSA) is 79.6 Å². The van der Waals surface area contributed by atoms with Crippen LogP contribution in [0.25, 0.3) is 0 Å². The molecule has 1 aromatic rings. The number of alkyl halides is 2. The predicted octanol–water partition coefficient (Wildman–Crippen LogP) is 1.44. The Bertz CT molecular complexity index is 497. The van der Waals surface area contributed by atoms with Gasteiger partial charge in [0, 0.05) is 5.56 Å². The van der Waals surface area contributed by atoms with Gasteiger partial charge >= 0.3 is 12.6 Å². The van der Waals surface area contributed by atoms with Crippen LogP contribution in [0, 0.1) is 11.3 Å². The molecule has 0 unspecified atom stereocenters. The van der Waals surface area contributed by atoms with Gasteiger partial charge in [-0.3, -0.25) is 0 Å². The molecule has 0 aliphatic rings. The van der Waals surface area contributed by atoms with Gasteiger partial charge in [-0.2, -0.15) is 14.0 Å². The minimum absolute atomic E-state index is 0.0143. The molecule has 0 atom stereocenters. The third-order valence-electron chi connectivity index (χ3n) is 2.13. The van der Waals surface area contributed by atoms with Crippen LogP contribution in [0.15, 0.2) is 12.1 Å². The predicted molar refractivity (Wildman–Crippen MR) is 55.1 cm³/mol. The van der Waals surface area contributed by atoms with Crippen molar-refractivity contribution in [2.24, 2.45) is 0 Å². The highest BCUT2D eigenvalue weighted by atomic mass is 19.3. The van der Waals surface area contributed by atoms with E-state index in [0.29, 0.717) is 0 Å². The Balaban J connectivity index is 3.43. The molecule has 0 bridgehead atoms. The number of halogens is 2. The first-order valence-electron chi connectivity index (χ1n) is 4.75. The second kappa shape index (κ2) is 5.93. The SMILES string of the molecule is COC(=O)c1ccc(CO)c(OC(F)F)c1C#N. The number of carbonyl (C=O) groups is 1. The molecule has 0 radical (unpaired) electrons. The molecule has 0 saturated heterocycles. The molecule has 18 heavy (non-hydrogen) atoms. The lowest BCUT2D eigenvalue weighted by Crippen LogP contribution is -2.11. The van der Waals surface area contributed by atoms with Gasteiger partial charge in [0.05, 0.1) is 19.3 Å². The maximum Gasteiger partial charge on any atom is 0.387 e. The number of esters is 1. The molecule has 0 heterocycles. The van der Waals surface area contributed by atoms with E-state index in [0.717, 1.165) is 7.11 Å². The van der Waals surface area contributed by atoms with E-state index in [-0.39, 0.29) is 11.1 Å². The maximum absolute atomic E-state index is 12.2. The number of hydrogen-bond acceptors (Lipinski definition) is 5. The summed E-state index contributed by atoms with van der Waals surface area (Å²) in [5, 5.41) is 17.9. The summed E-state index contributed by atoms with van der Waals surface area (Å²) in [6.45, 7) is -3.77. The quantitative estimate of drug-likeness (QED) is 0.825. The third kappa shape index (κ3) is 2.73. The minimum atomic E-state index is -3.17. The van der Waals surface area contributed by atoms with Crippen LogP contribution in [0.4, 0.5) is 8.78 Å². The molecule has 1 aromatic carbocycles. The van der Waals surface area contributed by atoms with Gasteiger partial charge in [-0.1, -0.05) is 6.07 Å². The Morgan fingerprint density at radius 1 is 1.56 bits per heavy atom. The second-order valence-corrected chi connectivity index (χ2v) is 3.12. The fraction of sp³-hybridized carbons (Fsp3) is 0.273. The van der Waals surface area contributed by atoms with E-state index in [2.05, 4.69) is 9.47 Å². The van der Waals surface area contributed by atoms with E-state index < -0.39 is 30.5 Å². The molecule has 5 nitrogen and oxygen atoms in total. The summed E-state index contributed by atoms with van der Waals surface area (Å²) in [7, 11) is 1.09. The van der Waals surface area contributed by atoms with Crippen LogP contribution in [-0.2, 0) is 11.3 Å². The number of nitrogens with zero attached hydrogens (tertiary/aromatic N) is 1. The molecule has 96 valence electrons. The minimum Gasteiger partial charge on any atom is -0.465 e. The molecular weight excluding hydrogens is 248 g/mol. The van der Waals surface area contributed by atoms with Crippen molar-refractivity contribution in [3.8, 4) is 11.8 Å². The lowest BCUT2D eigenvalue weighted by Gasteiger charge is -2.13. The van der Waals surface area contributed by atoms with Crippen molar-refractivity contribution in [3.63, 3.8) is 0 Å². The Morgan fingerprint density at radius 2 is 2.22 bits per heavy atom. The average Bonchev–Trinajstić information content (AvgIpc) is 2.36. The largest absolute Gasteiger partial charge is 0.465 e. The zero-order valence-electron chi connectivity index (χ0n) is 9.31. The lowest BCUT2D eigenvalue weighted by atomic mass is 10.0. The smallest absolute Gasteiger partial charge is 0.387 e. The van der Waals surface area contributed by atoms with Gasteiger partial charge in [-0.05, 0) is 6.07 Å². The van der Waals surface area contributed by atoms with E-state index in [1.54, 1.807) is 6.07 Å². The summed E-state index contributed by atoms with van der Waals surface area (Å²) in [5.74, 6) is -1.37. The summed E-state index contributed by atoms with van der Waals surface area (Å²) in [6, 6.07) is 4.00. The number of ether oxygens (including phenoxy) is 2. The van der Waals surface area contributed by atoms with Gasteiger partial charge < -0.3 is 14.6 Å². The number of aliphatic hydroxyl groups excluding tert-OH is 1. The van der Waals surface area contributed by atoms with Crippen molar-refractivity contribution in [1.82, 2.24) is 0 Å². The van der Waals surface area contributed by atoms with E-state index in [9.17, 15) is 13.6 Å². The molecule has 0 aromatic heterocycles. The van der Waals surface area contributed by atoms with Crippen LogP contribution in [-0.4, -0.2) is 24.8 Å². The van der Waals surface area contributed by atoms with Crippen molar-refractivity contribution in [2.45, 2.75) is 13.2 Å². The average molecular weight is 257 g/mol. The molecule has 0 aliphatic heterocycles. The fourth-order valence-electron chi connectivity index (χ4n) is 1.37. The van der Waals surface area contributed by atoms with Crippen molar-refractivity contribution in [2.75, 3.05) is 7.11 Å². The second-order valence-electron chi connectivity index (χ2n) is 3.12. The third-order valence-corrected chi connectivity index (χ3v) is 2.13. The van der Waals surface area contributed by atoms with Crippen LogP contribution >= 0.6 is 0 Å². The van der Waals surface area contributed by atoms with Crippen LogP contribution in [0.2, 0.25) is 0 Å². The van der Waals surface area contributed by atoms with Crippen molar-refractivity contribution in [1.29, 1.82) is 5.26 Å². The summed E-state index contributed by atoms with van der Waals surface area (Å²) in [5.41, 5.74) is -0.610. The Hall–Kier alpha value is -2.20. The Labute approximate surface area is 101 Å². The molecule has 7 heteroatoms. The number of benzene rings is 1. The van der Waals surface area contributed by atoms with Crippen LogP contribution in [0.3, 0.4) is 0 Å². The molecule has 0 aliphatic carbocycles. The first-order chi connectivity index (χ1) is 8.54. The Kier molecular flexibility index (Phi) is 4.57. The van der Waals surface area contributed by atoms with Gasteiger partial charge in [-0.25, -0.2) is 4.79 Å². The molecule has 1 N–H and O–H groups in total. The number of hydrogen-bond donors (Lipinski definition) is 1. The van der Waals surface area contributed by atoms with Crippen LogP contribution in [0.1, 0.15) is 21.5 Å². The number of aliphatic hydroxyl groups is 1. The van der Waals surface area contributed by atoms with E-state index in [1.165, 1.54) is 12.1 Å². The van der Waals surface area contributed by atoms with Crippen LogP contribution < -0.4 is 4.74 Å². The van der Waals surface area contributed by atoms with Gasteiger partial charge in [0.2, 0.25) is 0 Å². The standard InChI is InChI=1S/C11H9F2NO4/c1-17-10(16)7-3-2-6(5-15)9(8(7)4-14)18-11(12)13/h2-3,11,15H,5H2,1H3. The number of methoxy groups -OCH3 is 1. The normalized spacial score (nSPS) is 10.0. The maximum atomic E-state index is 12.2. The van der Waals surface area contributed by atoms with Gasteiger partial charge in [-0.15, -0.1) is 0 Å². The number of rotatable bonds is 4. The van der Waals surface area contributed by atoms with Crippen LogP contribution in [0.5, 0.6) is 5.75 Å². The summed E-state index contributed by atoms with van der Waals surface area (Å²) in [6.07, 6.45) is 0. The molecule has 0 amide bonds. The molecule has 1 rings (SSSR count). The lowest BCUT2D eigenvalue weighted by molar-refractivity contribution is -0.0512. The Morgan fingerprint density at radius 3 is 2.67 bits per heavy atom. The molecular formula is C11H9F2NO4. The van der Waals surface area contributed by atoms with E-state index in [4.69, 9.17) is 10.4 Å². The zero-order valence-corrected chi connectivity index (χ0v) is 9.31. The molecule has 0 spiro atoms. The summed E-state index contributed by atoms with van der Waals surface area (Å²) >= 11 is 0. The highest BCUT2D eigenvalue weighted by Gasteiger charge is 2.21. The highest BCUT2D eigenvalue weighted by Crippen LogP contribution is 2.29. The van der Waals surface area contributed by atoms with Gasteiger partial charge in [0.15, 0.2) is 0 Å². The molecule has 0 saturated carbocycles. The van der Waals surface area contributed by atoms with Gasteiger partial charge in [0.25, 0.3) is 0 Å². The first-order valence-corrected chi connectivity index (χ1v) is 4.75. The first kappa shape index (κ1) is 13.9. The summed E-state index contributed by atoms with van der Waals surface area (Å²) in [4.78, 5) is 11.4. The van der Waals surface area contributed by atoms with Crippen molar-refractivity contribution < 1.29 is 28.2 Å². The van der Waals surface area contributed by atoms with Crippen molar-refractivity contribution >= 4 is 5.97 Å². The van der Waals surface area contributed by atoms with E-state index >= 15 is 0 Å². The number of nitriles is 1. The monoisotopic (exact) mass is 257 g/mol. The van der Waals surface area contributed by atoms with Gasteiger partial charge in [0.1, 0.15) is 17.4 Å². The molecule has 0 fully saturated rings.